The zero-order valence-corrected chi connectivity index (χ0v) is 11.5. The number of nitrogens with one attached hydrogen (secondary N) is 1. The van der Waals surface area contributed by atoms with E-state index in [1.807, 2.05) is 9.80 Å². The van der Waals surface area contributed by atoms with Crippen LogP contribution in [-0.2, 0) is 4.79 Å². The molecule has 0 unspecified atom stereocenters. The van der Waals surface area contributed by atoms with E-state index in [1.165, 1.54) is 6.20 Å². The molecular formula is C11H17ClN6O. The molecule has 0 atom stereocenters. The van der Waals surface area contributed by atoms with E-state index in [0.29, 0.717) is 29.9 Å². The molecule has 3 N–H and O–H groups in total. The lowest BCUT2D eigenvalue weighted by atomic mass is 10.3. The molecule has 104 valence electrons. The molecule has 0 spiro atoms. The fourth-order valence-electron chi connectivity index (χ4n) is 2.09. The molecule has 2 heterocycles. The number of nitrogens with two attached hydrogens (primary N) is 1. The first-order valence-corrected chi connectivity index (χ1v) is 6.49. The maximum Gasteiger partial charge on any atom is 0.239 e. The number of halogens is 1. The minimum absolute atomic E-state index is 0.0972. The van der Waals surface area contributed by atoms with Crippen molar-refractivity contribution in [3.05, 3.63) is 11.2 Å². The number of nitrogens with zero attached hydrogens (tertiary/aromatic N) is 4. The first kappa shape index (κ1) is 13.8. The van der Waals surface area contributed by atoms with Crippen molar-refractivity contribution in [2.24, 2.45) is 5.84 Å². The zero-order valence-electron chi connectivity index (χ0n) is 10.8. The summed E-state index contributed by atoms with van der Waals surface area (Å²) in [6.07, 6.45) is 2.40. The summed E-state index contributed by atoms with van der Waals surface area (Å²) in [6.45, 7) is 4.51. The van der Waals surface area contributed by atoms with E-state index < -0.39 is 0 Å². The second kappa shape index (κ2) is 6.03. The fraction of sp³-hybridized carbons (Fsp3) is 0.545. The molecule has 7 nitrogen and oxygen atoms in total. The van der Waals surface area contributed by atoms with Gasteiger partial charge in [-0.1, -0.05) is 11.6 Å². The normalized spacial score (nSPS) is 16.2. The third-order valence-electron chi connectivity index (χ3n) is 3.10. The fourth-order valence-corrected chi connectivity index (χ4v) is 2.30. The van der Waals surface area contributed by atoms with Gasteiger partial charge in [0.25, 0.3) is 0 Å². The number of hydrazine groups is 1. The van der Waals surface area contributed by atoms with E-state index in [1.54, 1.807) is 6.92 Å². The minimum atomic E-state index is 0.0972. The van der Waals surface area contributed by atoms with E-state index in [-0.39, 0.29) is 5.91 Å². The van der Waals surface area contributed by atoms with Gasteiger partial charge in [0.2, 0.25) is 11.9 Å². The van der Waals surface area contributed by atoms with Crippen LogP contribution >= 0.6 is 11.6 Å². The number of nitrogen functional groups attached to an aromatic ring is 1. The van der Waals surface area contributed by atoms with Gasteiger partial charge in [-0.2, -0.15) is 4.98 Å². The van der Waals surface area contributed by atoms with Crippen molar-refractivity contribution in [3.63, 3.8) is 0 Å². The maximum atomic E-state index is 11.4. The lowest BCUT2D eigenvalue weighted by molar-refractivity contribution is -0.128. The van der Waals surface area contributed by atoms with Crippen molar-refractivity contribution >= 4 is 29.3 Å². The second-order valence-electron chi connectivity index (χ2n) is 4.36. The van der Waals surface area contributed by atoms with Crippen molar-refractivity contribution < 1.29 is 4.79 Å². The second-order valence-corrected chi connectivity index (χ2v) is 4.76. The molecule has 1 aliphatic rings. The third-order valence-corrected chi connectivity index (χ3v) is 3.36. The molecule has 2 rings (SSSR count). The lowest BCUT2D eigenvalue weighted by Crippen LogP contribution is -2.34. The molecule has 1 aromatic rings. The molecule has 8 heteroatoms. The number of rotatable bonds is 2. The summed E-state index contributed by atoms with van der Waals surface area (Å²) in [5.41, 5.74) is 2.40. The number of anilines is 2. The Labute approximate surface area is 116 Å². The van der Waals surface area contributed by atoms with Crippen LogP contribution in [0.4, 0.5) is 11.8 Å². The summed E-state index contributed by atoms with van der Waals surface area (Å²) in [5, 5.41) is 0.482. The van der Waals surface area contributed by atoms with Gasteiger partial charge in [0.15, 0.2) is 5.82 Å². The van der Waals surface area contributed by atoms with E-state index in [4.69, 9.17) is 17.4 Å². The summed E-state index contributed by atoms with van der Waals surface area (Å²) in [7, 11) is 0. The number of carbonyl (C=O) groups excluding carboxylic acids is 1. The molecule has 1 saturated heterocycles. The number of hydrogen-bond donors (Lipinski definition) is 2. The Morgan fingerprint density at radius 3 is 2.89 bits per heavy atom. The first-order valence-electron chi connectivity index (χ1n) is 6.11. The van der Waals surface area contributed by atoms with Gasteiger partial charge in [0.1, 0.15) is 5.02 Å². The number of aromatic nitrogens is 2. The van der Waals surface area contributed by atoms with Crippen LogP contribution in [0, 0.1) is 0 Å². The predicted octanol–water partition coefficient (Wildman–Crippen LogP) is 0.474. The first-order chi connectivity index (χ1) is 9.11. The highest BCUT2D eigenvalue weighted by molar-refractivity contribution is 6.32. The van der Waals surface area contributed by atoms with Gasteiger partial charge in [0, 0.05) is 33.1 Å². The number of carbonyl (C=O) groups is 1. The third kappa shape index (κ3) is 3.24. The molecule has 1 amide bonds. The van der Waals surface area contributed by atoms with Gasteiger partial charge in [-0.15, -0.1) is 0 Å². The van der Waals surface area contributed by atoms with Crippen molar-refractivity contribution in [1.82, 2.24) is 14.9 Å². The van der Waals surface area contributed by atoms with Gasteiger partial charge in [0.05, 0.1) is 6.20 Å². The monoisotopic (exact) mass is 284 g/mol. The Kier molecular flexibility index (Phi) is 4.39. The predicted molar refractivity (Wildman–Crippen MR) is 73.9 cm³/mol. The van der Waals surface area contributed by atoms with Crippen LogP contribution in [0.15, 0.2) is 6.20 Å². The Morgan fingerprint density at radius 1 is 1.42 bits per heavy atom. The van der Waals surface area contributed by atoms with Gasteiger partial charge in [-0.3, -0.25) is 10.2 Å². The molecule has 0 bridgehead atoms. The molecule has 1 aliphatic heterocycles. The summed E-state index contributed by atoms with van der Waals surface area (Å²) < 4.78 is 0. The molecule has 0 saturated carbocycles. The van der Waals surface area contributed by atoms with Crippen LogP contribution in [0.3, 0.4) is 0 Å². The topological polar surface area (TPSA) is 87.4 Å². The molecule has 0 radical (unpaired) electrons. The molecule has 0 aliphatic carbocycles. The SMILES string of the molecule is CC(=O)N1CCCN(c2nc(NN)ncc2Cl)CC1. The average Bonchev–Trinajstić information content (AvgIpc) is 2.65. The zero-order chi connectivity index (χ0) is 13.8. The van der Waals surface area contributed by atoms with Crippen molar-refractivity contribution in [1.29, 1.82) is 0 Å². The van der Waals surface area contributed by atoms with Crippen LogP contribution in [0.2, 0.25) is 5.02 Å². The standard InChI is InChI=1S/C11H17ClN6O/c1-8(19)17-3-2-4-18(6-5-17)10-9(12)7-14-11(15-10)16-13/h7H,2-6,13H2,1H3,(H,14,15,16). The maximum absolute atomic E-state index is 11.4. The van der Waals surface area contributed by atoms with Gasteiger partial charge in [-0.25, -0.2) is 10.8 Å². The summed E-state index contributed by atoms with van der Waals surface area (Å²) in [6, 6.07) is 0. The number of hydrogen-bond acceptors (Lipinski definition) is 6. The van der Waals surface area contributed by atoms with Crippen LogP contribution in [0.1, 0.15) is 13.3 Å². The van der Waals surface area contributed by atoms with Crippen LogP contribution in [0.5, 0.6) is 0 Å². The van der Waals surface area contributed by atoms with Crippen molar-refractivity contribution in [3.8, 4) is 0 Å². The molecule has 19 heavy (non-hydrogen) atoms. The van der Waals surface area contributed by atoms with Crippen LogP contribution in [0.25, 0.3) is 0 Å². The van der Waals surface area contributed by atoms with Gasteiger partial charge < -0.3 is 9.80 Å². The Morgan fingerprint density at radius 2 is 2.21 bits per heavy atom. The quantitative estimate of drug-likeness (QED) is 0.606. The highest BCUT2D eigenvalue weighted by Crippen LogP contribution is 2.24. The minimum Gasteiger partial charge on any atom is -0.353 e. The van der Waals surface area contributed by atoms with E-state index in [2.05, 4.69) is 15.4 Å². The lowest BCUT2D eigenvalue weighted by Gasteiger charge is -2.23. The summed E-state index contributed by atoms with van der Waals surface area (Å²) >= 11 is 6.12. The summed E-state index contributed by atoms with van der Waals surface area (Å²) in [4.78, 5) is 23.5. The number of amides is 1. The van der Waals surface area contributed by atoms with Gasteiger partial charge >= 0.3 is 0 Å². The smallest absolute Gasteiger partial charge is 0.239 e. The largest absolute Gasteiger partial charge is 0.353 e. The Hall–Kier alpha value is -1.60. The van der Waals surface area contributed by atoms with Crippen LogP contribution in [-0.4, -0.2) is 47.0 Å². The van der Waals surface area contributed by atoms with Gasteiger partial charge in [-0.05, 0) is 6.42 Å². The Balaban J connectivity index is 2.15. The van der Waals surface area contributed by atoms with Crippen molar-refractivity contribution in [2.75, 3.05) is 36.5 Å². The highest BCUT2D eigenvalue weighted by Gasteiger charge is 2.19. The van der Waals surface area contributed by atoms with E-state index in [0.717, 1.165) is 19.5 Å². The summed E-state index contributed by atoms with van der Waals surface area (Å²) in [5.74, 6) is 6.37. The van der Waals surface area contributed by atoms with Crippen LogP contribution < -0.4 is 16.2 Å². The molecular weight excluding hydrogens is 268 g/mol. The van der Waals surface area contributed by atoms with E-state index >= 15 is 0 Å². The highest BCUT2D eigenvalue weighted by atomic mass is 35.5. The molecule has 0 aromatic carbocycles. The Bertz CT molecular complexity index is 468. The molecule has 1 fully saturated rings. The van der Waals surface area contributed by atoms with E-state index in [9.17, 15) is 4.79 Å². The molecule has 1 aromatic heterocycles. The van der Waals surface area contributed by atoms with Crippen molar-refractivity contribution in [2.45, 2.75) is 13.3 Å². The average molecular weight is 285 g/mol.